The maximum atomic E-state index is 12.2. The summed E-state index contributed by atoms with van der Waals surface area (Å²) in [5.41, 5.74) is 0.294. The van der Waals surface area contributed by atoms with Crippen molar-refractivity contribution in [2.45, 2.75) is 25.6 Å². The Morgan fingerprint density at radius 3 is 2.61 bits per heavy atom. The lowest BCUT2D eigenvalue weighted by Gasteiger charge is -2.30. The van der Waals surface area contributed by atoms with Crippen molar-refractivity contribution in [3.8, 4) is 11.6 Å². The lowest BCUT2D eigenvalue weighted by molar-refractivity contribution is -0.0923. The van der Waals surface area contributed by atoms with Crippen LogP contribution in [0.25, 0.3) is 0 Å². The first-order valence-electron chi connectivity index (χ1n) is 7.41. The summed E-state index contributed by atoms with van der Waals surface area (Å²) in [4.78, 5) is 28.5. The van der Waals surface area contributed by atoms with Crippen LogP contribution in [0, 0.1) is 0 Å². The smallest absolute Gasteiger partial charge is 0.328 e. The van der Waals surface area contributed by atoms with E-state index in [4.69, 9.17) is 14.2 Å². The van der Waals surface area contributed by atoms with Gasteiger partial charge >= 0.3 is 5.69 Å². The molecule has 2 unspecified atom stereocenters. The molecule has 0 fully saturated rings. The third kappa shape index (κ3) is 3.00. The fourth-order valence-corrected chi connectivity index (χ4v) is 2.80. The van der Waals surface area contributed by atoms with Gasteiger partial charge in [0.2, 0.25) is 12.2 Å². The fourth-order valence-electron chi connectivity index (χ4n) is 2.80. The minimum atomic E-state index is -0.598. The van der Waals surface area contributed by atoms with Crippen LogP contribution in [0.2, 0.25) is 0 Å². The second-order valence-corrected chi connectivity index (χ2v) is 5.22. The molecule has 2 N–H and O–H groups in total. The third-order valence-electron chi connectivity index (χ3n) is 3.84. The number of aromatic amines is 2. The van der Waals surface area contributed by atoms with Crippen LogP contribution in [0.1, 0.15) is 30.4 Å². The Morgan fingerprint density at radius 1 is 1.22 bits per heavy atom. The van der Waals surface area contributed by atoms with E-state index in [-0.39, 0.29) is 11.8 Å². The number of aromatic nitrogens is 2. The molecular formula is C16H18N2O5. The Hall–Kier alpha value is -2.54. The highest BCUT2D eigenvalue weighted by atomic mass is 16.7. The molecule has 0 bridgehead atoms. The van der Waals surface area contributed by atoms with Crippen molar-refractivity contribution in [1.29, 1.82) is 0 Å². The van der Waals surface area contributed by atoms with E-state index < -0.39 is 17.5 Å². The average molecular weight is 318 g/mol. The molecule has 0 saturated heterocycles. The zero-order valence-corrected chi connectivity index (χ0v) is 12.9. The van der Waals surface area contributed by atoms with Gasteiger partial charge < -0.3 is 14.2 Å². The molecular weight excluding hydrogens is 300 g/mol. The summed E-state index contributed by atoms with van der Waals surface area (Å²) in [6.45, 7) is 2.34. The molecule has 122 valence electrons. The van der Waals surface area contributed by atoms with Gasteiger partial charge in [-0.3, -0.25) is 14.8 Å². The summed E-state index contributed by atoms with van der Waals surface area (Å²) < 4.78 is 16.3. The zero-order valence-electron chi connectivity index (χ0n) is 12.9. The molecule has 0 aliphatic carbocycles. The number of ether oxygens (including phenoxy) is 3. The van der Waals surface area contributed by atoms with Crippen molar-refractivity contribution >= 4 is 0 Å². The van der Waals surface area contributed by atoms with Gasteiger partial charge in [-0.2, -0.15) is 0 Å². The molecule has 23 heavy (non-hydrogen) atoms. The van der Waals surface area contributed by atoms with Crippen molar-refractivity contribution < 1.29 is 14.2 Å². The molecule has 0 saturated carbocycles. The molecule has 0 amide bonds. The van der Waals surface area contributed by atoms with Crippen LogP contribution < -0.4 is 20.7 Å². The van der Waals surface area contributed by atoms with Gasteiger partial charge in [0.15, 0.2) is 0 Å². The molecule has 0 radical (unpaired) electrons. The van der Waals surface area contributed by atoms with Crippen LogP contribution in [-0.4, -0.2) is 30.0 Å². The molecule has 2 atom stereocenters. The number of rotatable bonds is 4. The lowest BCUT2D eigenvalue weighted by Crippen LogP contribution is -2.37. The first-order chi connectivity index (χ1) is 11.1. The van der Waals surface area contributed by atoms with Gasteiger partial charge in [0, 0.05) is 18.9 Å². The molecule has 2 heterocycles. The number of H-pyrrole nitrogens is 2. The van der Waals surface area contributed by atoms with Crippen LogP contribution in [0.4, 0.5) is 0 Å². The molecule has 2 aromatic rings. The molecule has 1 aromatic heterocycles. The number of fused-ring (bicyclic) bond motifs is 1. The first kappa shape index (κ1) is 15.4. The Labute approximate surface area is 132 Å². The molecule has 7 nitrogen and oxygen atoms in total. The van der Waals surface area contributed by atoms with Crippen LogP contribution in [0.15, 0.2) is 33.9 Å². The molecule has 7 heteroatoms. The van der Waals surface area contributed by atoms with E-state index in [1.807, 2.05) is 31.2 Å². The van der Waals surface area contributed by atoms with E-state index >= 15 is 0 Å². The standard InChI is InChI=1S/C16H18N2O5/c1-3-22-12-8-11(9-4-6-10(21-2)7-5-9)13-14(19)17-16(20)18-15(13)23-12/h4-7,11-12H,3,8H2,1-2H3,(H2,17,18,19,20). The van der Waals surface area contributed by atoms with Crippen LogP contribution in [-0.2, 0) is 4.74 Å². The van der Waals surface area contributed by atoms with E-state index in [1.54, 1.807) is 7.11 Å². The molecule has 1 aliphatic rings. The van der Waals surface area contributed by atoms with E-state index in [0.717, 1.165) is 11.3 Å². The van der Waals surface area contributed by atoms with E-state index in [2.05, 4.69) is 9.97 Å². The molecule has 1 aromatic carbocycles. The molecule has 3 rings (SSSR count). The van der Waals surface area contributed by atoms with Crippen LogP contribution in [0.3, 0.4) is 0 Å². The van der Waals surface area contributed by atoms with Crippen molar-refractivity contribution in [2.24, 2.45) is 0 Å². The second-order valence-electron chi connectivity index (χ2n) is 5.22. The number of benzene rings is 1. The van der Waals surface area contributed by atoms with Crippen molar-refractivity contribution in [1.82, 2.24) is 9.97 Å². The predicted octanol–water partition coefficient (Wildman–Crippen LogP) is 1.35. The summed E-state index contributed by atoms with van der Waals surface area (Å²) >= 11 is 0. The highest BCUT2D eigenvalue weighted by Gasteiger charge is 2.33. The number of methoxy groups -OCH3 is 1. The van der Waals surface area contributed by atoms with Gasteiger partial charge in [-0.1, -0.05) is 12.1 Å². The van der Waals surface area contributed by atoms with Gasteiger partial charge in [-0.25, -0.2) is 4.79 Å². The Balaban J connectivity index is 2.07. The lowest BCUT2D eigenvalue weighted by atomic mass is 9.88. The largest absolute Gasteiger partial charge is 0.497 e. The van der Waals surface area contributed by atoms with E-state index in [9.17, 15) is 9.59 Å². The fraction of sp³-hybridized carbons (Fsp3) is 0.375. The Morgan fingerprint density at radius 2 is 1.96 bits per heavy atom. The minimum absolute atomic E-state index is 0.171. The molecule has 1 aliphatic heterocycles. The van der Waals surface area contributed by atoms with Gasteiger partial charge in [0.1, 0.15) is 5.75 Å². The van der Waals surface area contributed by atoms with E-state index in [0.29, 0.717) is 18.6 Å². The summed E-state index contributed by atoms with van der Waals surface area (Å²) in [5, 5.41) is 0. The highest BCUT2D eigenvalue weighted by Crippen LogP contribution is 2.37. The van der Waals surface area contributed by atoms with Crippen LogP contribution >= 0.6 is 0 Å². The van der Waals surface area contributed by atoms with Gasteiger partial charge in [0.05, 0.1) is 12.7 Å². The minimum Gasteiger partial charge on any atom is -0.497 e. The third-order valence-corrected chi connectivity index (χ3v) is 3.84. The first-order valence-corrected chi connectivity index (χ1v) is 7.41. The Kier molecular flexibility index (Phi) is 4.20. The summed E-state index contributed by atoms with van der Waals surface area (Å²) in [6.07, 6.45) is -0.0282. The van der Waals surface area contributed by atoms with Gasteiger partial charge in [-0.15, -0.1) is 0 Å². The van der Waals surface area contributed by atoms with Crippen molar-refractivity contribution in [3.05, 3.63) is 56.2 Å². The predicted molar refractivity (Wildman–Crippen MR) is 83.2 cm³/mol. The number of hydrogen-bond acceptors (Lipinski definition) is 5. The van der Waals surface area contributed by atoms with Gasteiger partial charge in [0.25, 0.3) is 5.56 Å². The van der Waals surface area contributed by atoms with Crippen molar-refractivity contribution in [3.63, 3.8) is 0 Å². The maximum absolute atomic E-state index is 12.2. The average Bonchev–Trinajstić information content (AvgIpc) is 2.54. The molecule has 0 spiro atoms. The number of hydrogen-bond donors (Lipinski definition) is 2. The highest BCUT2D eigenvalue weighted by molar-refractivity contribution is 5.40. The van der Waals surface area contributed by atoms with Gasteiger partial charge in [-0.05, 0) is 24.6 Å². The quantitative estimate of drug-likeness (QED) is 0.887. The zero-order chi connectivity index (χ0) is 16.4. The number of nitrogens with one attached hydrogen (secondary N) is 2. The monoisotopic (exact) mass is 318 g/mol. The summed E-state index contributed by atoms with van der Waals surface area (Å²) in [5.74, 6) is 0.670. The van der Waals surface area contributed by atoms with Crippen LogP contribution in [0.5, 0.6) is 11.6 Å². The Bertz CT molecular complexity index is 793. The summed E-state index contributed by atoms with van der Waals surface area (Å²) in [6, 6.07) is 7.46. The summed E-state index contributed by atoms with van der Waals surface area (Å²) in [7, 11) is 1.60. The topological polar surface area (TPSA) is 93.4 Å². The maximum Gasteiger partial charge on any atom is 0.328 e. The van der Waals surface area contributed by atoms with E-state index in [1.165, 1.54) is 0 Å². The SMILES string of the molecule is CCOC1CC(c2ccc(OC)cc2)c2c([nH]c(=O)[nH]c2=O)O1. The van der Waals surface area contributed by atoms with Crippen molar-refractivity contribution in [2.75, 3.05) is 13.7 Å². The second kappa shape index (κ2) is 6.29. The normalized spacial score (nSPS) is 19.7.